The number of amides is 1. The maximum absolute atomic E-state index is 13.0. The van der Waals surface area contributed by atoms with Crippen LogP contribution in [-0.4, -0.2) is 19.7 Å². The smallest absolute Gasteiger partial charge is 0.271 e. The number of aryl methyl sites for hydroxylation is 1. The van der Waals surface area contributed by atoms with Crippen LogP contribution in [0.1, 0.15) is 11.3 Å². The third-order valence-electron chi connectivity index (χ3n) is 4.43. The number of nitro benzene ring substituents is 1. The average Bonchev–Trinajstić information content (AvgIpc) is 3.26. The van der Waals surface area contributed by atoms with Crippen LogP contribution in [0.5, 0.6) is 0 Å². The summed E-state index contributed by atoms with van der Waals surface area (Å²) in [6.45, 7) is 1.96. The van der Waals surface area contributed by atoms with Crippen LogP contribution in [0.4, 0.5) is 11.4 Å². The van der Waals surface area contributed by atoms with Gasteiger partial charge in [-0.2, -0.15) is 0 Å². The molecule has 0 bridgehead atoms. The molecule has 29 heavy (non-hydrogen) atoms. The predicted molar refractivity (Wildman–Crippen MR) is 119 cm³/mol. The molecule has 1 aliphatic rings. The van der Waals surface area contributed by atoms with Crippen LogP contribution < -0.4 is 4.90 Å². The molecule has 1 aliphatic heterocycles. The first-order valence-corrected chi connectivity index (χ1v) is 9.93. The first-order valence-electron chi connectivity index (χ1n) is 8.71. The number of benzene rings is 2. The van der Waals surface area contributed by atoms with Gasteiger partial charge in [-0.05, 0) is 48.9 Å². The number of nitro groups is 1. The van der Waals surface area contributed by atoms with E-state index in [-0.39, 0.29) is 11.6 Å². The summed E-state index contributed by atoms with van der Waals surface area (Å²) in [5.41, 5.74) is 3.16. The van der Waals surface area contributed by atoms with Crippen molar-refractivity contribution in [1.29, 1.82) is 0 Å². The predicted octanol–water partition coefficient (Wildman–Crippen LogP) is 5.10. The Kier molecular flexibility index (Phi) is 5.04. The van der Waals surface area contributed by atoms with Gasteiger partial charge in [0.05, 0.1) is 21.2 Å². The third kappa shape index (κ3) is 3.72. The number of anilines is 1. The number of rotatable bonds is 4. The fraction of sp³-hybridized carbons (Fsp3) is 0.0476. The van der Waals surface area contributed by atoms with E-state index >= 15 is 0 Å². The zero-order valence-electron chi connectivity index (χ0n) is 15.3. The first kappa shape index (κ1) is 19.1. The van der Waals surface area contributed by atoms with E-state index in [1.165, 1.54) is 28.8 Å². The van der Waals surface area contributed by atoms with Crippen molar-refractivity contribution in [3.63, 3.8) is 0 Å². The van der Waals surface area contributed by atoms with Crippen LogP contribution in [-0.2, 0) is 4.79 Å². The normalized spacial score (nSPS) is 15.3. The van der Waals surface area contributed by atoms with Crippen molar-refractivity contribution in [3.8, 4) is 5.69 Å². The van der Waals surface area contributed by atoms with Gasteiger partial charge in [-0.1, -0.05) is 42.2 Å². The number of thioether (sulfide) groups is 1. The SMILES string of the molecule is Cc1cccc(N2C(=O)/C(=C\c3cccn3-c3cccc([N+](=O)[O-])c3)SC2=S)c1. The number of aromatic nitrogens is 1. The molecule has 0 saturated carbocycles. The van der Waals surface area contributed by atoms with Crippen molar-refractivity contribution >= 4 is 51.7 Å². The number of thiocarbonyl (C=S) groups is 1. The van der Waals surface area contributed by atoms with Crippen molar-refractivity contribution in [2.45, 2.75) is 6.92 Å². The second kappa shape index (κ2) is 7.65. The van der Waals surface area contributed by atoms with Crippen LogP contribution in [0.15, 0.2) is 71.8 Å². The molecule has 1 saturated heterocycles. The zero-order chi connectivity index (χ0) is 20.5. The molecular weight excluding hydrogens is 406 g/mol. The molecule has 0 N–H and O–H groups in total. The molecule has 2 aromatic carbocycles. The molecule has 1 fully saturated rings. The fourth-order valence-corrected chi connectivity index (χ4v) is 4.38. The van der Waals surface area contributed by atoms with Gasteiger partial charge in [-0.3, -0.25) is 19.8 Å². The Bertz CT molecular complexity index is 1180. The van der Waals surface area contributed by atoms with Crippen LogP contribution in [0.3, 0.4) is 0 Å². The topological polar surface area (TPSA) is 68.4 Å². The third-order valence-corrected chi connectivity index (χ3v) is 5.73. The van der Waals surface area contributed by atoms with Gasteiger partial charge < -0.3 is 4.57 Å². The molecule has 0 atom stereocenters. The Morgan fingerprint density at radius 1 is 1.07 bits per heavy atom. The van der Waals surface area contributed by atoms with E-state index in [1.54, 1.807) is 29.0 Å². The van der Waals surface area contributed by atoms with Crippen LogP contribution >= 0.6 is 24.0 Å². The minimum atomic E-state index is -0.431. The fourth-order valence-electron chi connectivity index (χ4n) is 3.09. The largest absolute Gasteiger partial charge is 0.317 e. The first-order chi connectivity index (χ1) is 13.9. The second-order valence-corrected chi connectivity index (χ2v) is 8.11. The zero-order valence-corrected chi connectivity index (χ0v) is 16.9. The summed E-state index contributed by atoms with van der Waals surface area (Å²) in [5.74, 6) is -0.183. The van der Waals surface area contributed by atoms with E-state index in [9.17, 15) is 14.9 Å². The van der Waals surface area contributed by atoms with E-state index in [2.05, 4.69) is 0 Å². The Hall–Kier alpha value is -3.23. The maximum Gasteiger partial charge on any atom is 0.271 e. The molecule has 0 aliphatic carbocycles. The molecule has 1 amide bonds. The highest BCUT2D eigenvalue weighted by Gasteiger charge is 2.33. The lowest BCUT2D eigenvalue weighted by Crippen LogP contribution is -2.27. The molecule has 3 aromatic rings. The molecule has 0 spiro atoms. The molecule has 8 heteroatoms. The van der Waals surface area contributed by atoms with Crippen molar-refractivity contribution in [2.24, 2.45) is 0 Å². The number of hydrogen-bond donors (Lipinski definition) is 0. The van der Waals surface area contributed by atoms with Crippen LogP contribution in [0.2, 0.25) is 0 Å². The summed E-state index contributed by atoms with van der Waals surface area (Å²) in [4.78, 5) is 25.7. The summed E-state index contributed by atoms with van der Waals surface area (Å²) < 4.78 is 2.27. The van der Waals surface area contributed by atoms with Crippen molar-refractivity contribution < 1.29 is 9.72 Å². The number of carbonyl (C=O) groups excluding carboxylic acids is 1. The lowest BCUT2D eigenvalue weighted by atomic mass is 10.2. The van der Waals surface area contributed by atoms with E-state index in [0.717, 1.165) is 16.9 Å². The Morgan fingerprint density at radius 2 is 1.83 bits per heavy atom. The molecule has 4 rings (SSSR count). The Morgan fingerprint density at radius 3 is 2.59 bits per heavy atom. The number of nitrogens with zero attached hydrogens (tertiary/aromatic N) is 3. The van der Waals surface area contributed by atoms with Gasteiger partial charge in [-0.25, -0.2) is 0 Å². The van der Waals surface area contributed by atoms with Crippen LogP contribution in [0, 0.1) is 17.0 Å². The van der Waals surface area contributed by atoms with Crippen LogP contribution in [0.25, 0.3) is 11.8 Å². The summed E-state index contributed by atoms with van der Waals surface area (Å²) >= 11 is 6.67. The minimum absolute atomic E-state index is 0.00733. The van der Waals surface area contributed by atoms with Gasteiger partial charge in [0.2, 0.25) is 0 Å². The highest BCUT2D eigenvalue weighted by atomic mass is 32.2. The molecule has 1 aromatic heterocycles. The van der Waals surface area contributed by atoms with Crippen molar-refractivity contribution in [1.82, 2.24) is 4.57 Å². The molecule has 0 unspecified atom stereocenters. The monoisotopic (exact) mass is 421 g/mol. The van der Waals surface area contributed by atoms with E-state index < -0.39 is 4.92 Å². The summed E-state index contributed by atoms with van der Waals surface area (Å²) in [6.07, 6.45) is 3.56. The molecular formula is C21H15N3O3S2. The van der Waals surface area contributed by atoms with E-state index in [0.29, 0.717) is 14.9 Å². The summed E-state index contributed by atoms with van der Waals surface area (Å²) in [7, 11) is 0. The van der Waals surface area contributed by atoms with Gasteiger partial charge in [-0.15, -0.1) is 0 Å². The van der Waals surface area contributed by atoms with Crippen molar-refractivity contribution in [2.75, 3.05) is 4.90 Å². The van der Waals surface area contributed by atoms with Gasteiger partial charge in [0.25, 0.3) is 11.6 Å². The number of non-ortho nitro benzene ring substituents is 1. The lowest BCUT2D eigenvalue weighted by molar-refractivity contribution is -0.384. The second-order valence-electron chi connectivity index (χ2n) is 6.44. The summed E-state index contributed by atoms with van der Waals surface area (Å²) in [6, 6.07) is 17.6. The number of carbonyl (C=O) groups is 1. The van der Waals surface area contributed by atoms with Gasteiger partial charge in [0.1, 0.15) is 0 Å². The van der Waals surface area contributed by atoms with E-state index in [4.69, 9.17) is 12.2 Å². The van der Waals surface area contributed by atoms with Gasteiger partial charge >= 0.3 is 0 Å². The number of hydrogen-bond acceptors (Lipinski definition) is 5. The maximum atomic E-state index is 13.0. The highest BCUT2D eigenvalue weighted by Crippen LogP contribution is 2.36. The molecule has 2 heterocycles. The Balaban J connectivity index is 1.69. The Labute approximate surface area is 176 Å². The van der Waals surface area contributed by atoms with E-state index in [1.807, 2.05) is 43.3 Å². The molecule has 144 valence electrons. The standard InChI is InChI=1S/C21H15N3O3S2/c1-14-5-2-7-17(11-14)23-20(25)19(29-21(23)28)13-16-9-4-10-22(16)15-6-3-8-18(12-15)24(26)27/h2-13H,1H3/b19-13+. The van der Waals surface area contributed by atoms with Gasteiger partial charge in [0, 0.05) is 24.0 Å². The quantitative estimate of drug-likeness (QED) is 0.254. The minimum Gasteiger partial charge on any atom is -0.317 e. The summed E-state index contributed by atoms with van der Waals surface area (Å²) in [5, 5.41) is 11.1. The molecule has 6 nitrogen and oxygen atoms in total. The van der Waals surface area contributed by atoms with Crippen molar-refractivity contribution in [3.05, 3.63) is 93.1 Å². The molecule has 0 radical (unpaired) electrons. The highest BCUT2D eigenvalue weighted by molar-refractivity contribution is 8.27. The van der Waals surface area contributed by atoms with Gasteiger partial charge in [0.15, 0.2) is 4.32 Å². The average molecular weight is 422 g/mol. The lowest BCUT2D eigenvalue weighted by Gasteiger charge is -2.14.